The molecular weight excluding hydrogens is 382 g/mol. The number of methoxy groups -OCH3 is 1. The standard InChI is InChI=1S/C18H21N5O4S/c1-27-17(26)11-13-10-15(24)21-18(20-13)28-12-16(25)23-8-6-22(7-9-23)14-4-2-3-5-19-14/h2-5,10H,6-9,11-12H2,1H3,(H,20,21,24)/p+1. The zero-order valence-corrected chi connectivity index (χ0v) is 16.3. The summed E-state index contributed by atoms with van der Waals surface area (Å²) in [6, 6.07) is 7.17. The van der Waals surface area contributed by atoms with Gasteiger partial charge in [0.1, 0.15) is 13.1 Å². The number of aromatic amines is 2. The number of ether oxygens (including phenoxy) is 1. The van der Waals surface area contributed by atoms with Gasteiger partial charge in [-0.25, -0.2) is 9.97 Å². The van der Waals surface area contributed by atoms with E-state index in [-0.39, 0.29) is 23.6 Å². The number of aromatic nitrogens is 3. The van der Waals surface area contributed by atoms with Crippen LogP contribution < -0.4 is 15.4 Å². The van der Waals surface area contributed by atoms with E-state index in [0.717, 1.165) is 30.7 Å². The molecule has 2 aromatic heterocycles. The first-order chi connectivity index (χ1) is 13.5. The summed E-state index contributed by atoms with van der Waals surface area (Å²) < 4.78 is 4.59. The van der Waals surface area contributed by atoms with Gasteiger partial charge in [-0.2, -0.15) is 0 Å². The maximum atomic E-state index is 12.5. The molecule has 0 radical (unpaired) electrons. The predicted molar refractivity (Wildman–Crippen MR) is 103 cm³/mol. The first-order valence-corrected chi connectivity index (χ1v) is 9.83. The number of thioether (sulfide) groups is 1. The normalized spacial score (nSPS) is 14.0. The van der Waals surface area contributed by atoms with Gasteiger partial charge < -0.3 is 14.6 Å². The first kappa shape index (κ1) is 19.9. The third kappa shape index (κ3) is 5.32. The van der Waals surface area contributed by atoms with Gasteiger partial charge in [-0.1, -0.05) is 17.8 Å². The Morgan fingerprint density at radius 1 is 1.29 bits per heavy atom. The van der Waals surface area contributed by atoms with E-state index in [0.29, 0.717) is 23.9 Å². The van der Waals surface area contributed by atoms with E-state index in [1.165, 1.54) is 13.2 Å². The highest BCUT2D eigenvalue weighted by Crippen LogP contribution is 2.15. The maximum Gasteiger partial charge on any atom is 0.311 e. The summed E-state index contributed by atoms with van der Waals surface area (Å²) in [5.41, 5.74) is -0.0464. The van der Waals surface area contributed by atoms with Crippen molar-refractivity contribution < 1.29 is 19.3 Å². The zero-order chi connectivity index (χ0) is 19.9. The Bertz CT molecular complexity index is 881. The minimum absolute atomic E-state index is 0.0114. The summed E-state index contributed by atoms with van der Waals surface area (Å²) in [7, 11) is 1.28. The molecule has 2 N–H and O–H groups in total. The van der Waals surface area contributed by atoms with E-state index in [1.54, 1.807) is 0 Å². The molecule has 3 heterocycles. The number of carbonyl (C=O) groups excluding carboxylic acids is 2. The van der Waals surface area contributed by atoms with Crippen LogP contribution in [0.3, 0.4) is 0 Å². The first-order valence-electron chi connectivity index (χ1n) is 8.84. The van der Waals surface area contributed by atoms with Crippen molar-refractivity contribution in [3.63, 3.8) is 0 Å². The Labute approximate surface area is 166 Å². The lowest BCUT2D eigenvalue weighted by atomic mass is 10.3. The number of pyridine rings is 1. The zero-order valence-electron chi connectivity index (χ0n) is 15.5. The number of esters is 1. The molecule has 0 aromatic carbocycles. The van der Waals surface area contributed by atoms with Crippen LogP contribution in [0.15, 0.2) is 40.4 Å². The van der Waals surface area contributed by atoms with Gasteiger partial charge in [-0.3, -0.25) is 19.3 Å². The van der Waals surface area contributed by atoms with Gasteiger partial charge in [0, 0.05) is 12.1 Å². The minimum Gasteiger partial charge on any atom is -0.469 e. The number of piperazine rings is 1. The van der Waals surface area contributed by atoms with Crippen LogP contribution in [0.25, 0.3) is 0 Å². The van der Waals surface area contributed by atoms with Crippen molar-refractivity contribution in [3.05, 3.63) is 46.5 Å². The van der Waals surface area contributed by atoms with Gasteiger partial charge in [-0.15, -0.1) is 0 Å². The van der Waals surface area contributed by atoms with Crippen molar-refractivity contribution in [2.45, 2.75) is 11.6 Å². The molecule has 9 nitrogen and oxygen atoms in total. The molecule has 1 amide bonds. The number of H-pyrrole nitrogens is 2. The Morgan fingerprint density at radius 3 is 2.75 bits per heavy atom. The van der Waals surface area contributed by atoms with E-state index >= 15 is 0 Å². The lowest BCUT2D eigenvalue weighted by Crippen LogP contribution is -2.50. The smallest absolute Gasteiger partial charge is 0.311 e. The third-order valence-electron chi connectivity index (χ3n) is 4.32. The Hall–Kier alpha value is -2.88. The minimum atomic E-state index is -0.473. The molecule has 1 saturated heterocycles. The summed E-state index contributed by atoms with van der Waals surface area (Å²) in [6.07, 6.45) is 1.80. The molecule has 1 fully saturated rings. The van der Waals surface area contributed by atoms with E-state index < -0.39 is 5.97 Å². The Kier molecular flexibility index (Phi) is 6.64. The van der Waals surface area contributed by atoms with E-state index in [4.69, 9.17) is 0 Å². The Balaban J connectivity index is 1.52. The molecule has 10 heteroatoms. The van der Waals surface area contributed by atoms with Crippen LogP contribution in [-0.4, -0.2) is 65.8 Å². The van der Waals surface area contributed by atoms with E-state index in [9.17, 15) is 14.4 Å². The van der Waals surface area contributed by atoms with Gasteiger partial charge in [0.05, 0.1) is 44.3 Å². The number of anilines is 1. The van der Waals surface area contributed by atoms with Crippen molar-refractivity contribution >= 4 is 29.5 Å². The van der Waals surface area contributed by atoms with Crippen LogP contribution in [0.5, 0.6) is 0 Å². The number of nitrogens with zero attached hydrogens (tertiary/aromatic N) is 3. The summed E-state index contributed by atoms with van der Waals surface area (Å²) in [5, 5.41) is 0.317. The molecule has 0 spiro atoms. The highest BCUT2D eigenvalue weighted by molar-refractivity contribution is 7.99. The molecule has 0 aliphatic carbocycles. The molecule has 1 aliphatic heterocycles. The highest BCUT2D eigenvalue weighted by atomic mass is 32.2. The molecule has 148 valence electrons. The fourth-order valence-corrected chi connectivity index (χ4v) is 3.66. The number of amides is 1. The van der Waals surface area contributed by atoms with E-state index in [1.807, 2.05) is 29.3 Å². The molecule has 1 aliphatic rings. The summed E-state index contributed by atoms with van der Waals surface area (Å²) >= 11 is 1.15. The van der Waals surface area contributed by atoms with Crippen molar-refractivity contribution in [2.75, 3.05) is 43.9 Å². The van der Waals surface area contributed by atoms with Crippen LogP contribution >= 0.6 is 11.8 Å². The van der Waals surface area contributed by atoms with E-state index in [2.05, 4.69) is 24.6 Å². The second-order valence-electron chi connectivity index (χ2n) is 6.20. The maximum absolute atomic E-state index is 12.5. The van der Waals surface area contributed by atoms with Crippen LogP contribution in [0.4, 0.5) is 5.82 Å². The van der Waals surface area contributed by atoms with Gasteiger partial charge in [-0.05, 0) is 6.07 Å². The lowest BCUT2D eigenvalue weighted by Gasteiger charge is -2.30. The van der Waals surface area contributed by atoms with Crippen molar-refractivity contribution in [2.24, 2.45) is 0 Å². The summed E-state index contributed by atoms with van der Waals surface area (Å²) in [4.78, 5) is 49.6. The van der Waals surface area contributed by atoms with Crippen LogP contribution in [0, 0.1) is 0 Å². The number of hydrogen-bond acceptors (Lipinski definition) is 7. The number of nitrogens with one attached hydrogen (secondary N) is 2. The number of hydrogen-bond donors (Lipinski definition) is 1. The average molecular weight is 404 g/mol. The molecule has 2 aromatic rings. The van der Waals surface area contributed by atoms with Crippen LogP contribution in [0.2, 0.25) is 0 Å². The third-order valence-corrected chi connectivity index (χ3v) is 5.18. The lowest BCUT2D eigenvalue weighted by molar-refractivity contribution is -0.364. The second-order valence-corrected chi connectivity index (χ2v) is 7.16. The van der Waals surface area contributed by atoms with Gasteiger partial charge in [0.15, 0.2) is 5.16 Å². The molecule has 0 atom stereocenters. The molecular formula is C18H22N5O4S+. The largest absolute Gasteiger partial charge is 0.469 e. The summed E-state index contributed by atoms with van der Waals surface area (Å²) in [6.45, 7) is 2.77. The average Bonchev–Trinajstić information content (AvgIpc) is 2.72. The predicted octanol–water partition coefficient (Wildman–Crippen LogP) is -0.260. The van der Waals surface area contributed by atoms with Crippen molar-refractivity contribution in [1.29, 1.82) is 0 Å². The molecule has 0 unspecified atom stereocenters. The van der Waals surface area contributed by atoms with Gasteiger partial charge >= 0.3 is 5.97 Å². The Morgan fingerprint density at radius 2 is 2.07 bits per heavy atom. The van der Waals surface area contributed by atoms with Crippen molar-refractivity contribution in [3.8, 4) is 0 Å². The molecule has 0 bridgehead atoms. The topological polar surface area (TPSA) is 110 Å². The SMILES string of the molecule is COC(=O)Cc1cc(=O)[nH]c(SCC(=O)N2CCN(c3cccc[nH+]3)CC2)n1. The highest BCUT2D eigenvalue weighted by Gasteiger charge is 2.26. The van der Waals surface area contributed by atoms with Crippen molar-refractivity contribution in [1.82, 2.24) is 14.9 Å². The number of carbonyl (C=O) groups is 2. The van der Waals surface area contributed by atoms with Gasteiger partial charge in [0.25, 0.3) is 11.4 Å². The molecule has 3 rings (SSSR count). The molecule has 28 heavy (non-hydrogen) atoms. The monoisotopic (exact) mass is 404 g/mol. The van der Waals surface area contributed by atoms with Crippen LogP contribution in [0.1, 0.15) is 5.69 Å². The summed E-state index contributed by atoms with van der Waals surface area (Å²) in [5.74, 6) is 0.719. The van der Waals surface area contributed by atoms with Crippen LogP contribution in [-0.2, 0) is 20.7 Å². The second kappa shape index (κ2) is 9.36. The fraction of sp³-hybridized carbons (Fsp3) is 0.389. The fourth-order valence-electron chi connectivity index (χ4n) is 2.86. The molecule has 0 saturated carbocycles. The number of rotatable bonds is 6. The quantitative estimate of drug-likeness (QED) is 0.401. The van der Waals surface area contributed by atoms with Gasteiger partial charge in [0.2, 0.25) is 5.91 Å².